The van der Waals surface area contributed by atoms with E-state index in [-0.39, 0.29) is 29.7 Å². The molecule has 0 amide bonds. The number of nitrogens with zero attached hydrogens (tertiary/aromatic N) is 4. The molecule has 0 unspecified atom stereocenters. The lowest BCUT2D eigenvalue weighted by Crippen LogP contribution is -2.53. The van der Waals surface area contributed by atoms with Crippen LogP contribution in [0.3, 0.4) is 0 Å². The van der Waals surface area contributed by atoms with Crippen LogP contribution in [0.25, 0.3) is 0 Å². The van der Waals surface area contributed by atoms with E-state index in [4.69, 9.17) is 4.52 Å². The van der Waals surface area contributed by atoms with Gasteiger partial charge in [-0.3, -0.25) is 9.89 Å². The van der Waals surface area contributed by atoms with Crippen molar-refractivity contribution in [2.75, 3.05) is 52.1 Å². The minimum Gasteiger partial charge on any atom is -0.364 e. The molecule has 0 saturated carbocycles. The van der Waals surface area contributed by atoms with Gasteiger partial charge in [-0.25, -0.2) is 13.1 Å². The van der Waals surface area contributed by atoms with Crippen molar-refractivity contribution in [2.24, 2.45) is 4.99 Å². The third kappa shape index (κ3) is 7.46. The molecule has 0 spiro atoms. The lowest BCUT2D eigenvalue weighted by molar-refractivity contribution is 0.169. The van der Waals surface area contributed by atoms with Crippen LogP contribution in [0.5, 0.6) is 0 Å². The summed E-state index contributed by atoms with van der Waals surface area (Å²) in [6.45, 7) is 6.80. The van der Waals surface area contributed by atoms with Gasteiger partial charge >= 0.3 is 0 Å². The molecule has 1 aromatic heterocycles. The van der Waals surface area contributed by atoms with Crippen molar-refractivity contribution >= 4 is 40.0 Å². The predicted octanol–water partition coefficient (Wildman–Crippen LogP) is -0.0751. The first-order chi connectivity index (χ1) is 11.5. The van der Waals surface area contributed by atoms with Crippen molar-refractivity contribution in [2.45, 2.75) is 13.5 Å². The third-order valence-electron chi connectivity index (χ3n) is 3.87. The van der Waals surface area contributed by atoms with Gasteiger partial charge in [0.05, 0.1) is 11.4 Å². The molecule has 2 heterocycles. The number of halogens is 1. The molecule has 0 aromatic carbocycles. The van der Waals surface area contributed by atoms with Crippen molar-refractivity contribution in [3.63, 3.8) is 0 Å². The first-order valence-corrected chi connectivity index (χ1v) is 9.74. The number of aliphatic imine (C=N–C) groups is 1. The third-order valence-corrected chi connectivity index (χ3v) is 5.27. The molecule has 2 rings (SSSR count). The molecule has 1 aliphatic rings. The van der Waals surface area contributed by atoms with Crippen molar-refractivity contribution < 1.29 is 12.9 Å². The highest BCUT2D eigenvalue weighted by Gasteiger charge is 2.20. The molecule has 11 heteroatoms. The summed E-state index contributed by atoms with van der Waals surface area (Å²) in [5.74, 6) is 0.890. The second kappa shape index (κ2) is 10.9. The van der Waals surface area contributed by atoms with Crippen molar-refractivity contribution in [3.8, 4) is 0 Å². The van der Waals surface area contributed by atoms with E-state index in [9.17, 15) is 8.42 Å². The van der Waals surface area contributed by atoms with Crippen LogP contribution in [0, 0.1) is 0 Å². The fraction of sp³-hybridized carbons (Fsp3) is 0.714. The van der Waals surface area contributed by atoms with Gasteiger partial charge in [0.2, 0.25) is 10.0 Å². The van der Waals surface area contributed by atoms with Crippen molar-refractivity contribution in [1.82, 2.24) is 25.0 Å². The number of hydrogen-bond acceptors (Lipinski definition) is 6. The van der Waals surface area contributed by atoms with Gasteiger partial charge in [-0.15, -0.1) is 24.0 Å². The fourth-order valence-electron chi connectivity index (χ4n) is 2.48. The SMILES string of the molecule is CCS(=O)(=O)NCCNC(=NC)N1CCN(Cc2ccon2)CC1.I. The molecule has 0 radical (unpaired) electrons. The van der Waals surface area contributed by atoms with Crippen LogP contribution in [-0.2, 0) is 16.6 Å². The summed E-state index contributed by atoms with van der Waals surface area (Å²) >= 11 is 0. The van der Waals surface area contributed by atoms with Crippen molar-refractivity contribution in [1.29, 1.82) is 0 Å². The number of sulfonamides is 1. The van der Waals surface area contributed by atoms with Gasteiger partial charge in [0.1, 0.15) is 6.26 Å². The Labute approximate surface area is 166 Å². The van der Waals surface area contributed by atoms with Crippen LogP contribution >= 0.6 is 24.0 Å². The number of rotatable bonds is 7. The Bertz CT molecular complexity index is 615. The molecule has 1 saturated heterocycles. The molecule has 25 heavy (non-hydrogen) atoms. The number of aromatic nitrogens is 1. The molecule has 0 aliphatic carbocycles. The van der Waals surface area contributed by atoms with Gasteiger partial charge in [-0.2, -0.15) is 0 Å². The van der Waals surface area contributed by atoms with E-state index < -0.39 is 10.0 Å². The Morgan fingerprint density at radius 1 is 1.32 bits per heavy atom. The monoisotopic (exact) mass is 486 g/mol. The van der Waals surface area contributed by atoms with Crippen LogP contribution in [0.2, 0.25) is 0 Å². The van der Waals surface area contributed by atoms with E-state index >= 15 is 0 Å². The summed E-state index contributed by atoms with van der Waals surface area (Å²) in [4.78, 5) is 8.77. The Kier molecular flexibility index (Phi) is 9.67. The highest BCUT2D eigenvalue weighted by atomic mass is 127. The lowest BCUT2D eigenvalue weighted by atomic mass is 10.3. The Morgan fingerprint density at radius 2 is 2.04 bits per heavy atom. The average Bonchev–Trinajstić information content (AvgIpc) is 3.09. The van der Waals surface area contributed by atoms with E-state index in [0.717, 1.165) is 44.4 Å². The highest BCUT2D eigenvalue weighted by Crippen LogP contribution is 2.07. The van der Waals surface area contributed by atoms with Gasteiger partial charge in [0.15, 0.2) is 5.96 Å². The lowest BCUT2D eigenvalue weighted by Gasteiger charge is -2.36. The number of piperazine rings is 1. The molecule has 1 fully saturated rings. The largest absolute Gasteiger partial charge is 0.364 e. The molecule has 9 nitrogen and oxygen atoms in total. The summed E-state index contributed by atoms with van der Waals surface area (Å²) < 4.78 is 30.2. The molecule has 0 bridgehead atoms. The summed E-state index contributed by atoms with van der Waals surface area (Å²) in [6, 6.07) is 1.88. The normalized spacial score (nSPS) is 16.6. The second-order valence-electron chi connectivity index (χ2n) is 5.53. The molecule has 1 aliphatic heterocycles. The standard InChI is InChI=1S/C14H26N6O3S.HI/c1-3-24(21,22)17-6-5-16-14(15-2)20-9-7-19(8-10-20)12-13-4-11-23-18-13;/h4,11,17H,3,5-10,12H2,1-2H3,(H,15,16);1H. The zero-order chi connectivity index (χ0) is 17.4. The molecule has 1 aromatic rings. The maximum atomic E-state index is 11.4. The first kappa shape index (κ1) is 22.1. The Morgan fingerprint density at radius 3 is 2.60 bits per heavy atom. The first-order valence-electron chi connectivity index (χ1n) is 8.08. The van der Waals surface area contributed by atoms with E-state index in [1.807, 2.05) is 6.07 Å². The fourth-order valence-corrected chi connectivity index (χ4v) is 3.10. The average molecular weight is 486 g/mol. The Hall–Kier alpha value is -0.920. The quantitative estimate of drug-likeness (QED) is 0.241. The summed E-state index contributed by atoms with van der Waals surface area (Å²) in [7, 11) is -1.41. The van der Waals surface area contributed by atoms with E-state index in [1.165, 1.54) is 0 Å². The van der Waals surface area contributed by atoms with Crippen LogP contribution in [0.15, 0.2) is 21.8 Å². The van der Waals surface area contributed by atoms with Crippen LogP contribution in [0.4, 0.5) is 0 Å². The molecule has 144 valence electrons. The topological polar surface area (TPSA) is 103 Å². The van der Waals surface area contributed by atoms with E-state index in [0.29, 0.717) is 13.1 Å². The maximum Gasteiger partial charge on any atom is 0.211 e. The number of guanidine groups is 1. The Balaban J connectivity index is 0.00000312. The number of hydrogen-bond donors (Lipinski definition) is 2. The summed E-state index contributed by atoms with van der Waals surface area (Å²) in [6.07, 6.45) is 1.59. The van der Waals surface area contributed by atoms with Crippen LogP contribution in [0.1, 0.15) is 12.6 Å². The smallest absolute Gasteiger partial charge is 0.211 e. The van der Waals surface area contributed by atoms with E-state index in [1.54, 1.807) is 20.2 Å². The van der Waals surface area contributed by atoms with Gasteiger partial charge in [0.25, 0.3) is 0 Å². The van der Waals surface area contributed by atoms with Gasteiger partial charge in [-0.1, -0.05) is 5.16 Å². The second-order valence-corrected chi connectivity index (χ2v) is 7.62. The van der Waals surface area contributed by atoms with E-state index in [2.05, 4.69) is 30.0 Å². The maximum absolute atomic E-state index is 11.4. The summed E-state index contributed by atoms with van der Waals surface area (Å²) in [5, 5.41) is 7.13. The van der Waals surface area contributed by atoms with Crippen LogP contribution in [-0.4, -0.2) is 81.4 Å². The van der Waals surface area contributed by atoms with Crippen molar-refractivity contribution in [3.05, 3.63) is 18.0 Å². The van der Waals surface area contributed by atoms with Gasteiger partial charge in [-0.05, 0) is 6.92 Å². The zero-order valence-corrected chi connectivity index (χ0v) is 17.8. The molecule has 2 N–H and O–H groups in total. The van der Waals surface area contributed by atoms with Gasteiger partial charge < -0.3 is 14.7 Å². The molecule has 0 atom stereocenters. The summed E-state index contributed by atoms with van der Waals surface area (Å²) in [5.41, 5.74) is 0.939. The minimum atomic E-state index is -3.14. The zero-order valence-electron chi connectivity index (χ0n) is 14.6. The predicted molar refractivity (Wildman–Crippen MR) is 108 cm³/mol. The molecular weight excluding hydrogens is 459 g/mol. The molecular formula is C14H27IN6O3S. The van der Waals surface area contributed by atoms with Crippen LogP contribution < -0.4 is 10.0 Å². The van der Waals surface area contributed by atoms with Gasteiger partial charge in [0, 0.05) is 58.9 Å². The number of nitrogens with one attached hydrogen (secondary N) is 2. The minimum absolute atomic E-state index is 0. The highest BCUT2D eigenvalue weighted by molar-refractivity contribution is 14.0.